The minimum Gasteiger partial charge on any atom is -0.267 e. The summed E-state index contributed by atoms with van der Waals surface area (Å²) in [6.07, 6.45) is 4.57. The van der Waals surface area contributed by atoms with Crippen LogP contribution in [-0.4, -0.2) is 17.1 Å². The molecule has 0 fully saturated rings. The predicted octanol–water partition coefficient (Wildman–Crippen LogP) is 5.17. The summed E-state index contributed by atoms with van der Waals surface area (Å²) in [4.78, 5) is 12.6. The molecule has 3 nitrogen and oxygen atoms in total. The van der Waals surface area contributed by atoms with E-state index < -0.39 is 0 Å². The standard InChI is InChI=1S/C17H25ClN2O/c1-8-15(18)10-14(7)11-16(12(3)4)17(21)20(13(5)6)19-9-2/h9-10H,5,7-8,11H2,1-4,6H3. The van der Waals surface area contributed by atoms with E-state index in [1.807, 2.05) is 26.8 Å². The Balaban J connectivity index is 5.36. The van der Waals surface area contributed by atoms with Crippen LogP contribution in [-0.2, 0) is 4.79 Å². The largest absolute Gasteiger partial charge is 0.274 e. The first-order chi connectivity index (χ1) is 9.74. The van der Waals surface area contributed by atoms with Crippen molar-refractivity contribution >= 4 is 23.7 Å². The second kappa shape index (κ2) is 9.35. The fraction of sp³-hybridized carbons (Fsp3) is 0.412. The summed E-state index contributed by atoms with van der Waals surface area (Å²) in [6.45, 7) is 17.0. The maximum Gasteiger partial charge on any atom is 0.274 e. The van der Waals surface area contributed by atoms with Crippen LogP contribution in [0.2, 0.25) is 0 Å². The second-order valence-electron chi connectivity index (χ2n) is 4.98. The molecule has 0 aromatic carbocycles. The van der Waals surface area contributed by atoms with Crippen molar-refractivity contribution in [3.05, 3.63) is 46.7 Å². The third-order valence-electron chi connectivity index (χ3n) is 2.75. The van der Waals surface area contributed by atoms with Crippen LogP contribution in [0.5, 0.6) is 0 Å². The molecule has 0 unspecified atom stereocenters. The Morgan fingerprint density at radius 3 is 2.24 bits per heavy atom. The molecule has 0 aliphatic heterocycles. The van der Waals surface area contributed by atoms with E-state index in [4.69, 9.17) is 11.6 Å². The fourth-order valence-corrected chi connectivity index (χ4v) is 1.79. The molecule has 0 saturated carbocycles. The number of hydrogen-bond donors (Lipinski definition) is 0. The van der Waals surface area contributed by atoms with Crippen molar-refractivity contribution in [1.82, 2.24) is 5.01 Å². The highest BCUT2D eigenvalue weighted by molar-refractivity contribution is 6.29. The Labute approximate surface area is 133 Å². The highest BCUT2D eigenvalue weighted by atomic mass is 35.5. The lowest BCUT2D eigenvalue weighted by Gasteiger charge is -2.19. The first kappa shape index (κ1) is 19.4. The molecule has 0 aromatic heterocycles. The zero-order valence-electron chi connectivity index (χ0n) is 13.7. The fourth-order valence-electron chi connectivity index (χ4n) is 1.64. The van der Waals surface area contributed by atoms with Gasteiger partial charge in [0.25, 0.3) is 5.91 Å². The van der Waals surface area contributed by atoms with Gasteiger partial charge in [-0.15, -0.1) is 0 Å². The van der Waals surface area contributed by atoms with Crippen LogP contribution < -0.4 is 0 Å². The molecule has 0 saturated heterocycles. The third-order valence-corrected chi connectivity index (χ3v) is 3.13. The lowest BCUT2D eigenvalue weighted by atomic mass is 10.0. The maximum atomic E-state index is 12.6. The molecular weight excluding hydrogens is 284 g/mol. The van der Waals surface area contributed by atoms with Gasteiger partial charge in [0.15, 0.2) is 0 Å². The van der Waals surface area contributed by atoms with E-state index in [-0.39, 0.29) is 5.91 Å². The number of nitrogens with zero attached hydrogens (tertiary/aromatic N) is 2. The zero-order chi connectivity index (χ0) is 16.6. The number of carbonyl (C=O) groups is 1. The van der Waals surface area contributed by atoms with E-state index in [0.717, 1.165) is 22.6 Å². The number of halogens is 1. The molecule has 0 atom stereocenters. The van der Waals surface area contributed by atoms with E-state index in [2.05, 4.69) is 18.3 Å². The molecule has 0 aliphatic rings. The van der Waals surface area contributed by atoms with Crippen LogP contribution in [0.4, 0.5) is 0 Å². The Bertz CT molecular complexity index is 509. The van der Waals surface area contributed by atoms with E-state index in [0.29, 0.717) is 17.7 Å². The summed E-state index contributed by atoms with van der Waals surface area (Å²) in [7, 11) is 0. The minimum atomic E-state index is -0.178. The van der Waals surface area contributed by atoms with Crippen molar-refractivity contribution in [2.45, 2.75) is 47.5 Å². The summed E-state index contributed by atoms with van der Waals surface area (Å²) in [5, 5.41) is 6.10. The Hall–Kier alpha value is -1.61. The Kier molecular flexibility index (Phi) is 8.63. The number of carbonyl (C=O) groups excluding carboxylic acids is 1. The molecule has 0 radical (unpaired) electrons. The quantitative estimate of drug-likeness (QED) is 0.276. The van der Waals surface area contributed by atoms with Gasteiger partial charge in [-0.1, -0.05) is 37.3 Å². The molecule has 0 aliphatic carbocycles. The molecule has 0 aromatic rings. The van der Waals surface area contributed by atoms with Crippen molar-refractivity contribution < 1.29 is 4.79 Å². The van der Waals surface area contributed by atoms with E-state index in [1.165, 1.54) is 5.01 Å². The average molecular weight is 309 g/mol. The SMILES string of the molecule is C=C(C=C(Cl)CC)CC(C(=O)N(N=CC)C(=C)C)=C(C)C. The average Bonchev–Trinajstić information content (AvgIpc) is 2.40. The van der Waals surface area contributed by atoms with Crippen LogP contribution in [0.1, 0.15) is 47.5 Å². The molecule has 116 valence electrons. The lowest BCUT2D eigenvalue weighted by Crippen LogP contribution is -2.26. The number of allylic oxidation sites excluding steroid dienone is 5. The van der Waals surface area contributed by atoms with Gasteiger partial charge in [-0.25, -0.2) is 5.01 Å². The maximum absolute atomic E-state index is 12.6. The topological polar surface area (TPSA) is 32.7 Å². The number of rotatable bonds is 7. The van der Waals surface area contributed by atoms with Crippen LogP contribution in [0.15, 0.2) is 51.8 Å². The van der Waals surface area contributed by atoms with Crippen LogP contribution >= 0.6 is 11.6 Å². The summed E-state index contributed by atoms with van der Waals surface area (Å²) >= 11 is 6.02. The number of amides is 1. The van der Waals surface area contributed by atoms with Crippen molar-refractivity contribution in [2.75, 3.05) is 0 Å². The van der Waals surface area contributed by atoms with Crippen LogP contribution in [0, 0.1) is 0 Å². The van der Waals surface area contributed by atoms with Gasteiger partial charge in [-0.3, -0.25) is 4.79 Å². The molecular formula is C17H25ClN2O. The van der Waals surface area contributed by atoms with Gasteiger partial charge in [-0.2, -0.15) is 5.10 Å². The normalized spacial score (nSPS) is 11.4. The first-order valence-electron chi connectivity index (χ1n) is 6.93. The van der Waals surface area contributed by atoms with Crippen LogP contribution in [0.3, 0.4) is 0 Å². The van der Waals surface area contributed by atoms with E-state index in [9.17, 15) is 4.79 Å². The second-order valence-corrected chi connectivity index (χ2v) is 5.47. The highest BCUT2D eigenvalue weighted by Gasteiger charge is 2.19. The predicted molar refractivity (Wildman–Crippen MR) is 92.2 cm³/mol. The minimum absolute atomic E-state index is 0.178. The van der Waals surface area contributed by atoms with Gasteiger partial charge in [0.2, 0.25) is 0 Å². The summed E-state index contributed by atoms with van der Waals surface area (Å²) in [6, 6.07) is 0. The first-order valence-corrected chi connectivity index (χ1v) is 7.31. The van der Waals surface area contributed by atoms with Crippen LogP contribution in [0.25, 0.3) is 0 Å². The Morgan fingerprint density at radius 1 is 1.29 bits per heavy atom. The summed E-state index contributed by atoms with van der Waals surface area (Å²) in [5.74, 6) is -0.178. The highest BCUT2D eigenvalue weighted by Crippen LogP contribution is 2.21. The van der Waals surface area contributed by atoms with Gasteiger partial charge in [-0.05, 0) is 45.8 Å². The number of hydrogen-bond acceptors (Lipinski definition) is 2. The Morgan fingerprint density at radius 2 is 1.86 bits per heavy atom. The van der Waals surface area contributed by atoms with Gasteiger partial charge in [0.05, 0.1) is 0 Å². The molecule has 4 heteroatoms. The number of hydrazone groups is 1. The molecule has 0 bridgehead atoms. The molecule has 21 heavy (non-hydrogen) atoms. The molecule has 0 rings (SSSR count). The molecule has 1 amide bonds. The van der Waals surface area contributed by atoms with E-state index >= 15 is 0 Å². The van der Waals surface area contributed by atoms with E-state index in [1.54, 1.807) is 20.1 Å². The molecule has 0 heterocycles. The van der Waals surface area contributed by atoms with Crippen molar-refractivity contribution in [3.8, 4) is 0 Å². The third kappa shape index (κ3) is 6.58. The van der Waals surface area contributed by atoms with Gasteiger partial charge >= 0.3 is 0 Å². The van der Waals surface area contributed by atoms with Gasteiger partial charge in [0, 0.05) is 28.9 Å². The lowest BCUT2D eigenvalue weighted by molar-refractivity contribution is -0.125. The molecule has 0 spiro atoms. The van der Waals surface area contributed by atoms with Gasteiger partial charge < -0.3 is 0 Å². The van der Waals surface area contributed by atoms with Crippen molar-refractivity contribution in [1.29, 1.82) is 0 Å². The summed E-state index contributed by atoms with van der Waals surface area (Å²) < 4.78 is 0. The zero-order valence-corrected chi connectivity index (χ0v) is 14.4. The monoisotopic (exact) mass is 308 g/mol. The van der Waals surface area contributed by atoms with Gasteiger partial charge in [0.1, 0.15) is 0 Å². The van der Waals surface area contributed by atoms with Crippen molar-refractivity contribution in [3.63, 3.8) is 0 Å². The smallest absolute Gasteiger partial charge is 0.267 e. The molecule has 0 N–H and O–H groups in total. The summed E-state index contributed by atoms with van der Waals surface area (Å²) in [5.41, 5.74) is 2.96. The van der Waals surface area contributed by atoms with Crippen molar-refractivity contribution in [2.24, 2.45) is 5.10 Å².